The van der Waals surface area contributed by atoms with Crippen molar-refractivity contribution in [1.82, 2.24) is 5.32 Å². The molecule has 1 N–H and O–H groups in total. The van der Waals surface area contributed by atoms with Crippen molar-refractivity contribution in [1.29, 1.82) is 5.26 Å². The number of ether oxygens (including phenoxy) is 1. The predicted molar refractivity (Wildman–Crippen MR) is 78.1 cm³/mol. The zero-order valence-electron chi connectivity index (χ0n) is 12.8. The molecule has 1 amide bonds. The van der Waals surface area contributed by atoms with Gasteiger partial charge in [-0.1, -0.05) is 6.07 Å². The highest BCUT2D eigenvalue weighted by molar-refractivity contribution is 5.85. The molecule has 1 aromatic carbocycles. The van der Waals surface area contributed by atoms with E-state index in [2.05, 4.69) is 10.1 Å². The maximum Gasteiger partial charge on any atom is 0.328 e. The van der Waals surface area contributed by atoms with Gasteiger partial charge in [-0.05, 0) is 30.9 Å². The monoisotopic (exact) mass is 324 g/mol. The molecular weight excluding hydrogens is 306 g/mol. The van der Waals surface area contributed by atoms with E-state index in [9.17, 15) is 18.4 Å². The Morgan fingerprint density at radius 2 is 2.09 bits per heavy atom. The molecule has 0 saturated heterocycles. The van der Waals surface area contributed by atoms with Crippen LogP contribution in [0.4, 0.5) is 8.78 Å². The van der Waals surface area contributed by atoms with Crippen LogP contribution in [-0.4, -0.2) is 25.0 Å². The molecule has 0 spiro atoms. The first kappa shape index (κ1) is 18.6. The molecule has 0 bridgehead atoms. The average molecular weight is 324 g/mol. The van der Waals surface area contributed by atoms with Crippen LogP contribution in [0.15, 0.2) is 18.2 Å². The van der Waals surface area contributed by atoms with Gasteiger partial charge in [0.1, 0.15) is 17.7 Å². The topological polar surface area (TPSA) is 79.2 Å². The second-order valence-electron chi connectivity index (χ2n) is 4.96. The Morgan fingerprint density at radius 1 is 1.35 bits per heavy atom. The van der Waals surface area contributed by atoms with Crippen molar-refractivity contribution in [3.05, 3.63) is 35.4 Å². The van der Waals surface area contributed by atoms with Crippen LogP contribution in [0.25, 0.3) is 0 Å². The molecule has 1 aromatic rings. The minimum absolute atomic E-state index is 0.0389. The number of carbonyl (C=O) groups is 2. The molecule has 0 aliphatic heterocycles. The number of halogens is 2. The van der Waals surface area contributed by atoms with Crippen molar-refractivity contribution in [3.8, 4) is 6.07 Å². The average Bonchev–Trinajstić information content (AvgIpc) is 2.52. The van der Waals surface area contributed by atoms with Crippen molar-refractivity contribution >= 4 is 11.9 Å². The number of unbranched alkanes of at least 4 members (excludes halogenated alkanes) is 2. The lowest BCUT2D eigenvalue weighted by molar-refractivity contribution is -0.145. The SMILES string of the molecule is COC(=O)[C@@H](CCCCC#N)NC(=O)Cc1ccc(F)cc1F. The van der Waals surface area contributed by atoms with E-state index in [-0.39, 0.29) is 12.0 Å². The van der Waals surface area contributed by atoms with Gasteiger partial charge in [0.25, 0.3) is 0 Å². The van der Waals surface area contributed by atoms with Crippen molar-refractivity contribution in [2.45, 2.75) is 38.1 Å². The first-order valence-electron chi connectivity index (χ1n) is 7.16. The summed E-state index contributed by atoms with van der Waals surface area (Å²) in [6.45, 7) is 0. The van der Waals surface area contributed by atoms with Crippen LogP contribution in [0.1, 0.15) is 31.2 Å². The lowest BCUT2D eigenvalue weighted by atomic mass is 10.1. The third kappa shape index (κ3) is 6.43. The lowest BCUT2D eigenvalue weighted by Gasteiger charge is -2.16. The highest BCUT2D eigenvalue weighted by atomic mass is 19.1. The Labute approximate surface area is 133 Å². The molecule has 23 heavy (non-hydrogen) atoms. The number of nitrogens with zero attached hydrogens (tertiary/aromatic N) is 1. The van der Waals surface area contributed by atoms with Gasteiger partial charge in [-0.15, -0.1) is 0 Å². The number of nitriles is 1. The molecule has 0 saturated carbocycles. The van der Waals surface area contributed by atoms with Crippen LogP contribution >= 0.6 is 0 Å². The van der Waals surface area contributed by atoms with Crippen molar-refractivity contribution in [2.24, 2.45) is 0 Å². The highest BCUT2D eigenvalue weighted by Gasteiger charge is 2.21. The smallest absolute Gasteiger partial charge is 0.328 e. The zero-order chi connectivity index (χ0) is 17.2. The first-order chi connectivity index (χ1) is 11.0. The molecule has 7 heteroatoms. The predicted octanol–water partition coefficient (Wildman–Crippen LogP) is 2.25. The Balaban J connectivity index is 2.61. The normalized spacial score (nSPS) is 11.4. The summed E-state index contributed by atoms with van der Waals surface area (Å²) in [6, 6.07) is 4.08. The second kappa shape index (κ2) is 9.51. The summed E-state index contributed by atoms with van der Waals surface area (Å²) in [6.07, 6.45) is 1.55. The summed E-state index contributed by atoms with van der Waals surface area (Å²) in [4.78, 5) is 23.6. The maximum atomic E-state index is 13.5. The van der Waals surface area contributed by atoms with E-state index >= 15 is 0 Å². The van der Waals surface area contributed by atoms with Crippen molar-refractivity contribution in [3.63, 3.8) is 0 Å². The van der Waals surface area contributed by atoms with Crippen LogP contribution in [-0.2, 0) is 20.7 Å². The summed E-state index contributed by atoms with van der Waals surface area (Å²) in [5, 5.41) is 10.9. The number of nitrogens with one attached hydrogen (secondary N) is 1. The van der Waals surface area contributed by atoms with Gasteiger partial charge in [-0.2, -0.15) is 5.26 Å². The molecule has 0 heterocycles. The van der Waals surface area contributed by atoms with Gasteiger partial charge in [0.15, 0.2) is 0 Å². The summed E-state index contributed by atoms with van der Waals surface area (Å²) < 4.78 is 31.0. The molecule has 0 radical (unpaired) electrons. The van der Waals surface area contributed by atoms with Gasteiger partial charge in [-0.25, -0.2) is 13.6 Å². The quantitative estimate of drug-likeness (QED) is 0.587. The maximum absolute atomic E-state index is 13.5. The van der Waals surface area contributed by atoms with Crippen LogP contribution < -0.4 is 5.32 Å². The van der Waals surface area contributed by atoms with E-state index in [4.69, 9.17) is 5.26 Å². The third-order valence-electron chi connectivity index (χ3n) is 3.22. The van der Waals surface area contributed by atoms with Crippen LogP contribution in [0.5, 0.6) is 0 Å². The fourth-order valence-electron chi connectivity index (χ4n) is 2.03. The Morgan fingerprint density at radius 3 is 2.70 bits per heavy atom. The summed E-state index contributed by atoms with van der Waals surface area (Å²) in [5.74, 6) is -2.71. The van der Waals surface area contributed by atoms with Crippen LogP contribution in [0, 0.1) is 23.0 Å². The number of esters is 1. The number of carbonyl (C=O) groups excluding carboxylic acids is 2. The second-order valence-corrected chi connectivity index (χ2v) is 4.96. The van der Waals surface area contributed by atoms with Crippen LogP contribution in [0.3, 0.4) is 0 Å². The number of amides is 1. The van der Waals surface area contributed by atoms with Crippen molar-refractivity contribution < 1.29 is 23.1 Å². The third-order valence-corrected chi connectivity index (χ3v) is 3.22. The molecule has 124 valence electrons. The largest absolute Gasteiger partial charge is 0.467 e. The summed E-state index contributed by atoms with van der Waals surface area (Å²) >= 11 is 0. The summed E-state index contributed by atoms with van der Waals surface area (Å²) in [7, 11) is 1.20. The molecule has 0 aliphatic carbocycles. The van der Waals surface area contributed by atoms with E-state index in [1.807, 2.05) is 6.07 Å². The Bertz CT molecular complexity index is 599. The summed E-state index contributed by atoms with van der Waals surface area (Å²) in [5.41, 5.74) is 0.0389. The Kier molecular flexibility index (Phi) is 7.67. The van der Waals surface area contributed by atoms with Gasteiger partial charge in [-0.3, -0.25) is 4.79 Å². The molecule has 0 aromatic heterocycles. The molecule has 0 aliphatic rings. The first-order valence-corrected chi connectivity index (χ1v) is 7.16. The highest BCUT2D eigenvalue weighted by Crippen LogP contribution is 2.11. The van der Waals surface area contributed by atoms with E-state index in [0.717, 1.165) is 6.07 Å². The van der Waals surface area contributed by atoms with E-state index < -0.39 is 29.6 Å². The molecule has 5 nitrogen and oxygen atoms in total. The Hall–Kier alpha value is -2.49. The standard InChI is InChI=1S/C16H18F2N2O3/c1-23-16(22)14(5-3-2-4-8-19)20-15(21)9-11-6-7-12(17)10-13(11)18/h6-7,10,14H,2-5,9H2,1H3,(H,20,21)/t14-/m1/s1. The number of benzene rings is 1. The molecule has 0 fully saturated rings. The van der Waals surface area contributed by atoms with Crippen molar-refractivity contribution in [2.75, 3.05) is 7.11 Å². The van der Waals surface area contributed by atoms with Gasteiger partial charge in [0.2, 0.25) is 5.91 Å². The van der Waals surface area contributed by atoms with Gasteiger partial charge >= 0.3 is 5.97 Å². The number of methoxy groups -OCH3 is 1. The minimum atomic E-state index is -0.852. The minimum Gasteiger partial charge on any atom is -0.467 e. The fourth-order valence-corrected chi connectivity index (χ4v) is 2.03. The number of rotatable bonds is 8. The number of hydrogen-bond acceptors (Lipinski definition) is 4. The lowest BCUT2D eigenvalue weighted by Crippen LogP contribution is -2.42. The van der Waals surface area contributed by atoms with Crippen LogP contribution in [0.2, 0.25) is 0 Å². The zero-order valence-corrected chi connectivity index (χ0v) is 12.8. The molecular formula is C16H18F2N2O3. The van der Waals surface area contributed by atoms with E-state index in [1.165, 1.54) is 13.2 Å². The molecule has 0 unspecified atom stereocenters. The van der Waals surface area contributed by atoms with Gasteiger partial charge in [0.05, 0.1) is 19.6 Å². The van der Waals surface area contributed by atoms with E-state index in [0.29, 0.717) is 31.7 Å². The van der Waals surface area contributed by atoms with Gasteiger partial charge in [0, 0.05) is 12.5 Å². The van der Waals surface area contributed by atoms with Gasteiger partial charge < -0.3 is 10.1 Å². The number of hydrogen-bond donors (Lipinski definition) is 1. The molecule has 1 atom stereocenters. The van der Waals surface area contributed by atoms with E-state index in [1.54, 1.807) is 0 Å². The molecule has 1 rings (SSSR count). The fraction of sp³-hybridized carbons (Fsp3) is 0.438.